The Morgan fingerprint density at radius 2 is 1.85 bits per heavy atom. The number of halogens is 3. The molecule has 2 N–H and O–H groups in total. The minimum absolute atomic E-state index is 0.0921. The van der Waals surface area contributed by atoms with Gasteiger partial charge < -0.3 is 4.42 Å². The lowest BCUT2D eigenvalue weighted by atomic mass is 9.61. The molecule has 8 nitrogen and oxygen atoms in total. The summed E-state index contributed by atoms with van der Waals surface area (Å²) in [5.41, 5.74) is 1.24. The first-order valence-electron chi connectivity index (χ1n) is 10.8. The highest BCUT2D eigenvalue weighted by atomic mass is 32.2. The van der Waals surface area contributed by atoms with Gasteiger partial charge in [0.1, 0.15) is 11.9 Å². The highest BCUT2D eigenvalue weighted by molar-refractivity contribution is 7.87. The molecule has 1 aliphatic heterocycles. The van der Waals surface area contributed by atoms with Crippen LogP contribution >= 0.6 is 0 Å². The number of benzene rings is 1. The molecule has 2 aliphatic rings. The lowest BCUT2D eigenvalue weighted by Crippen LogP contribution is -2.55. The van der Waals surface area contributed by atoms with E-state index in [9.17, 15) is 26.4 Å². The van der Waals surface area contributed by atoms with Gasteiger partial charge in [0.25, 0.3) is 10.2 Å². The van der Waals surface area contributed by atoms with Crippen molar-refractivity contribution >= 4 is 10.2 Å². The molecule has 1 aromatic heterocycles. The Balaban J connectivity index is 1.59. The first-order chi connectivity index (χ1) is 15.3. The molecule has 0 radical (unpaired) electrons. The van der Waals surface area contributed by atoms with E-state index in [0.29, 0.717) is 18.4 Å². The molecule has 12 heteroatoms. The Hall–Kier alpha value is -2.18. The van der Waals surface area contributed by atoms with E-state index in [-0.39, 0.29) is 37.4 Å². The van der Waals surface area contributed by atoms with E-state index in [1.165, 1.54) is 10.4 Å². The van der Waals surface area contributed by atoms with Crippen molar-refractivity contribution in [2.24, 2.45) is 5.41 Å². The summed E-state index contributed by atoms with van der Waals surface area (Å²) in [6, 6.07) is 1.76. The van der Waals surface area contributed by atoms with E-state index >= 15 is 0 Å². The molecular weight excluding hydrogens is 461 g/mol. The smallest absolute Gasteiger partial charge is 0.391 e. The number of rotatable bonds is 6. The van der Waals surface area contributed by atoms with Gasteiger partial charge in [-0.3, -0.25) is 0 Å². The number of hydrogen-bond acceptors (Lipinski definition) is 5. The molecule has 1 aliphatic carbocycles. The summed E-state index contributed by atoms with van der Waals surface area (Å²) in [7, 11) is -4.12. The second-order valence-corrected chi connectivity index (χ2v) is 11.1. The van der Waals surface area contributed by atoms with Crippen LogP contribution in [0.4, 0.5) is 13.2 Å². The van der Waals surface area contributed by atoms with Crippen LogP contribution in [0.2, 0.25) is 0 Å². The fraction of sp³-hybridized carbons (Fsp3) is 0.619. The fourth-order valence-electron chi connectivity index (χ4n) is 5.11. The topological polar surface area (TPSA) is 108 Å². The van der Waals surface area contributed by atoms with Crippen molar-refractivity contribution < 1.29 is 26.0 Å². The molecule has 1 spiro atoms. The van der Waals surface area contributed by atoms with Gasteiger partial charge in [-0.05, 0) is 54.9 Å². The van der Waals surface area contributed by atoms with Crippen molar-refractivity contribution in [2.75, 3.05) is 13.1 Å². The highest BCUT2D eigenvalue weighted by Gasteiger charge is 2.57. The molecule has 33 heavy (non-hydrogen) atoms. The normalized spacial score (nSPS) is 22.1. The molecule has 2 heterocycles. The van der Waals surface area contributed by atoms with Crippen LogP contribution in [0, 0.1) is 25.1 Å². The van der Waals surface area contributed by atoms with Crippen LogP contribution in [0.3, 0.4) is 0 Å². The molecule has 1 saturated heterocycles. The van der Waals surface area contributed by atoms with Crippen molar-refractivity contribution in [3.63, 3.8) is 0 Å². The standard InChI is InChI=1S/C21H27F3N4O4S/c1-12-4-5-15(22)16(13(12)2)14(3)17(18-25-26-19(29)32-18)27-33(30,31)28-8-6-20(7-9-28)10-21(23,24)11-20/h4-5,14,17,27H,6-11H2,1-3H3,(H,26,29)/t14-,17+/m1/s1. The van der Waals surface area contributed by atoms with Crippen LogP contribution in [0.1, 0.15) is 67.1 Å². The zero-order valence-corrected chi connectivity index (χ0v) is 19.4. The van der Waals surface area contributed by atoms with Crippen LogP contribution in [-0.2, 0) is 10.2 Å². The summed E-state index contributed by atoms with van der Waals surface area (Å²) in [6.07, 6.45) is 0.246. The van der Waals surface area contributed by atoms with Crippen LogP contribution < -0.4 is 10.5 Å². The summed E-state index contributed by atoms with van der Waals surface area (Å²) >= 11 is 0. The molecule has 2 atom stereocenters. The van der Waals surface area contributed by atoms with Crippen LogP contribution in [0.5, 0.6) is 0 Å². The number of H-pyrrole nitrogens is 1. The Kier molecular flexibility index (Phi) is 5.98. The van der Waals surface area contributed by atoms with E-state index < -0.39 is 45.1 Å². The maximum absolute atomic E-state index is 14.8. The third-order valence-corrected chi connectivity index (χ3v) is 8.67. The lowest BCUT2D eigenvalue weighted by Gasteiger charge is -2.51. The summed E-state index contributed by atoms with van der Waals surface area (Å²) in [5, 5.41) is 5.89. The Morgan fingerprint density at radius 3 is 2.39 bits per heavy atom. The number of hydrogen-bond donors (Lipinski definition) is 2. The zero-order chi connectivity index (χ0) is 24.2. The van der Waals surface area contributed by atoms with Crippen LogP contribution in [0.15, 0.2) is 21.3 Å². The third-order valence-electron chi connectivity index (χ3n) is 7.07. The highest BCUT2D eigenvalue weighted by Crippen LogP contribution is 2.57. The first kappa shape index (κ1) is 24.0. The van der Waals surface area contributed by atoms with Gasteiger partial charge in [-0.15, -0.1) is 5.10 Å². The fourth-order valence-corrected chi connectivity index (χ4v) is 6.54. The van der Waals surface area contributed by atoms with Gasteiger partial charge in [-0.2, -0.15) is 17.4 Å². The van der Waals surface area contributed by atoms with Gasteiger partial charge in [-0.25, -0.2) is 23.1 Å². The monoisotopic (exact) mass is 488 g/mol. The second kappa shape index (κ2) is 8.24. The van der Waals surface area contributed by atoms with Gasteiger partial charge in [0.05, 0.1) is 0 Å². The molecule has 4 rings (SSSR count). The second-order valence-electron chi connectivity index (χ2n) is 9.35. The summed E-state index contributed by atoms with van der Waals surface area (Å²) in [5.74, 6) is -5.05. The predicted octanol–water partition coefficient (Wildman–Crippen LogP) is 3.31. The number of nitrogens with one attached hydrogen (secondary N) is 2. The molecule has 2 aromatic rings. The lowest BCUT2D eigenvalue weighted by molar-refractivity contribution is -0.174. The van der Waals surface area contributed by atoms with Crippen molar-refractivity contribution in [1.29, 1.82) is 0 Å². The van der Waals surface area contributed by atoms with E-state index in [0.717, 1.165) is 5.56 Å². The third kappa shape index (κ3) is 4.60. The van der Waals surface area contributed by atoms with E-state index in [2.05, 4.69) is 14.9 Å². The van der Waals surface area contributed by atoms with Crippen molar-refractivity contribution in [3.8, 4) is 0 Å². The predicted molar refractivity (Wildman–Crippen MR) is 114 cm³/mol. The number of alkyl halides is 2. The summed E-state index contributed by atoms with van der Waals surface area (Å²) in [6.45, 7) is 5.35. The zero-order valence-electron chi connectivity index (χ0n) is 18.6. The van der Waals surface area contributed by atoms with Crippen LogP contribution in [-0.4, -0.2) is 41.9 Å². The van der Waals surface area contributed by atoms with Crippen molar-refractivity contribution in [1.82, 2.24) is 19.2 Å². The molecule has 1 saturated carbocycles. The molecule has 1 aromatic carbocycles. The number of aromatic amines is 1. The molecule has 2 fully saturated rings. The molecular formula is C21H27F3N4O4S. The van der Waals surface area contributed by atoms with Gasteiger partial charge in [0.2, 0.25) is 11.8 Å². The van der Waals surface area contributed by atoms with Gasteiger partial charge in [0.15, 0.2) is 0 Å². The quantitative estimate of drug-likeness (QED) is 0.649. The summed E-state index contributed by atoms with van der Waals surface area (Å²) < 4.78 is 76.7. The number of aromatic nitrogens is 2. The Labute approximate surface area is 189 Å². The maximum Gasteiger partial charge on any atom is 0.434 e. The Bertz CT molecular complexity index is 1190. The first-order valence-corrected chi connectivity index (χ1v) is 12.2. The van der Waals surface area contributed by atoms with Gasteiger partial charge >= 0.3 is 5.76 Å². The molecule has 0 bridgehead atoms. The van der Waals surface area contributed by atoms with E-state index in [1.54, 1.807) is 19.9 Å². The minimum atomic E-state index is -4.12. The molecule has 0 amide bonds. The molecule has 182 valence electrons. The number of nitrogens with zero attached hydrogens (tertiary/aromatic N) is 2. The van der Waals surface area contributed by atoms with Gasteiger partial charge in [-0.1, -0.05) is 13.0 Å². The molecule has 0 unspecified atom stereocenters. The average molecular weight is 489 g/mol. The number of aryl methyl sites for hydroxylation is 1. The van der Waals surface area contributed by atoms with E-state index in [1.807, 2.05) is 6.92 Å². The Morgan fingerprint density at radius 1 is 1.21 bits per heavy atom. The van der Waals surface area contributed by atoms with E-state index in [4.69, 9.17) is 4.42 Å². The number of piperidine rings is 1. The largest absolute Gasteiger partial charge is 0.434 e. The van der Waals surface area contributed by atoms with Crippen molar-refractivity contribution in [3.05, 3.63) is 51.1 Å². The average Bonchev–Trinajstić information content (AvgIpc) is 3.14. The van der Waals surface area contributed by atoms with Crippen molar-refractivity contribution in [2.45, 2.75) is 64.3 Å². The van der Waals surface area contributed by atoms with Gasteiger partial charge in [0, 0.05) is 31.8 Å². The minimum Gasteiger partial charge on any atom is -0.391 e. The maximum atomic E-state index is 14.8. The SMILES string of the molecule is Cc1ccc(F)c([C@@H](C)[C@H](NS(=O)(=O)N2CCC3(CC2)CC(F)(F)C3)c2n[nH]c(=O)o2)c1C. The summed E-state index contributed by atoms with van der Waals surface area (Å²) in [4.78, 5) is 11.6. The van der Waals surface area contributed by atoms with Crippen LogP contribution in [0.25, 0.3) is 0 Å².